The zero-order chi connectivity index (χ0) is 21.4. The average Bonchev–Trinajstić information content (AvgIpc) is 3.55. The molecule has 0 bridgehead atoms. The number of carbonyl (C=O) groups excluding carboxylic acids is 1. The molecule has 0 radical (unpaired) electrons. The molecule has 0 spiro atoms. The molecule has 2 aromatic heterocycles. The molecule has 4 heterocycles. The normalized spacial score (nSPS) is 18.9. The molecule has 2 aliphatic rings. The minimum absolute atomic E-state index is 0.0924. The number of furan rings is 1. The number of imidazole rings is 1. The predicted octanol–water partition coefficient (Wildman–Crippen LogP) is 3.70. The van der Waals surface area contributed by atoms with Gasteiger partial charge in [0, 0.05) is 30.8 Å². The van der Waals surface area contributed by atoms with Gasteiger partial charge in [-0.25, -0.2) is 4.98 Å². The number of likely N-dealkylation sites (tertiary alicyclic amines) is 1. The summed E-state index contributed by atoms with van der Waals surface area (Å²) in [4.78, 5) is 25.7. The Bertz CT molecular complexity index is 1060. The molecule has 162 valence electrons. The van der Waals surface area contributed by atoms with E-state index in [-0.39, 0.29) is 11.9 Å². The molecule has 2 aliphatic heterocycles. The highest BCUT2D eigenvalue weighted by molar-refractivity contribution is 5.92. The summed E-state index contributed by atoms with van der Waals surface area (Å²) in [6.45, 7) is 5.62. The fraction of sp³-hybridized carbons (Fsp3) is 0.417. The van der Waals surface area contributed by atoms with E-state index >= 15 is 0 Å². The number of hydrogen-bond acceptors (Lipinski definition) is 5. The second-order valence-corrected chi connectivity index (χ2v) is 8.37. The van der Waals surface area contributed by atoms with Gasteiger partial charge in [-0.3, -0.25) is 9.69 Å². The van der Waals surface area contributed by atoms with Gasteiger partial charge in [0.05, 0.1) is 19.1 Å². The van der Waals surface area contributed by atoms with E-state index in [0.717, 1.165) is 60.1 Å². The van der Waals surface area contributed by atoms with Crippen LogP contribution in [0.3, 0.4) is 0 Å². The molecule has 7 nitrogen and oxygen atoms in total. The zero-order valence-electron chi connectivity index (χ0n) is 18.1. The van der Waals surface area contributed by atoms with E-state index in [0.29, 0.717) is 12.3 Å². The molecular formula is C24H28N4O3. The van der Waals surface area contributed by atoms with Crippen molar-refractivity contribution in [1.29, 1.82) is 0 Å². The van der Waals surface area contributed by atoms with Crippen LogP contribution in [0.1, 0.15) is 57.7 Å². The highest BCUT2D eigenvalue weighted by Crippen LogP contribution is 2.35. The van der Waals surface area contributed by atoms with Crippen LogP contribution in [0.4, 0.5) is 0 Å². The minimum Gasteiger partial charge on any atom is -0.497 e. The van der Waals surface area contributed by atoms with Crippen LogP contribution < -0.4 is 4.74 Å². The van der Waals surface area contributed by atoms with Crippen LogP contribution in [0.5, 0.6) is 5.75 Å². The molecule has 1 saturated heterocycles. The molecule has 1 aromatic carbocycles. The van der Waals surface area contributed by atoms with Gasteiger partial charge < -0.3 is 19.0 Å². The number of carbonyl (C=O) groups is 1. The van der Waals surface area contributed by atoms with Crippen LogP contribution in [-0.4, -0.2) is 52.4 Å². The number of nitrogens with one attached hydrogen (secondary N) is 1. The minimum atomic E-state index is -0.263. The lowest BCUT2D eigenvalue weighted by molar-refractivity contribution is 0.0656. The summed E-state index contributed by atoms with van der Waals surface area (Å²) in [6, 6.07) is 9.51. The number of aryl methyl sites for hydroxylation is 1. The second kappa shape index (κ2) is 8.23. The van der Waals surface area contributed by atoms with Gasteiger partial charge in [0.25, 0.3) is 5.91 Å². The van der Waals surface area contributed by atoms with Crippen molar-refractivity contribution in [3.63, 3.8) is 0 Å². The van der Waals surface area contributed by atoms with Crippen molar-refractivity contribution >= 4 is 5.91 Å². The molecule has 0 aliphatic carbocycles. The summed E-state index contributed by atoms with van der Waals surface area (Å²) in [5.41, 5.74) is 4.08. The Morgan fingerprint density at radius 3 is 2.74 bits per heavy atom. The molecule has 1 atom stereocenters. The number of amides is 1. The third-order valence-corrected chi connectivity index (χ3v) is 6.44. The molecule has 0 saturated carbocycles. The molecule has 1 N–H and O–H groups in total. The van der Waals surface area contributed by atoms with Crippen molar-refractivity contribution in [3.05, 3.63) is 70.7 Å². The van der Waals surface area contributed by atoms with Gasteiger partial charge in [-0.05, 0) is 56.6 Å². The number of aromatic nitrogens is 2. The van der Waals surface area contributed by atoms with Crippen LogP contribution in [0, 0.1) is 6.92 Å². The SMILES string of the molecule is COc1ccc([C@@H]2c3nc[nH]c3CCN2C(=O)c2cc(CN3CCCC3)c(C)o2)cc1. The Kier molecular flexibility index (Phi) is 5.28. The summed E-state index contributed by atoms with van der Waals surface area (Å²) in [7, 11) is 1.65. The number of methoxy groups -OCH3 is 1. The topological polar surface area (TPSA) is 74.6 Å². The van der Waals surface area contributed by atoms with Crippen LogP contribution in [0.2, 0.25) is 0 Å². The van der Waals surface area contributed by atoms with E-state index in [2.05, 4.69) is 14.9 Å². The molecular weight excluding hydrogens is 392 g/mol. The number of aromatic amines is 1. The fourth-order valence-electron chi connectivity index (χ4n) is 4.72. The number of nitrogens with zero attached hydrogens (tertiary/aromatic N) is 3. The lowest BCUT2D eigenvalue weighted by atomic mass is 9.95. The highest BCUT2D eigenvalue weighted by Gasteiger charge is 2.36. The van der Waals surface area contributed by atoms with Crippen LogP contribution in [0.15, 0.2) is 41.1 Å². The van der Waals surface area contributed by atoms with Gasteiger partial charge in [0.15, 0.2) is 5.76 Å². The Morgan fingerprint density at radius 1 is 1.23 bits per heavy atom. The lowest BCUT2D eigenvalue weighted by Crippen LogP contribution is -2.40. The summed E-state index contributed by atoms with van der Waals surface area (Å²) < 4.78 is 11.3. The van der Waals surface area contributed by atoms with E-state index < -0.39 is 0 Å². The first-order valence-electron chi connectivity index (χ1n) is 10.9. The first-order valence-corrected chi connectivity index (χ1v) is 10.9. The molecule has 0 unspecified atom stereocenters. The van der Waals surface area contributed by atoms with Crippen LogP contribution >= 0.6 is 0 Å². The number of ether oxygens (including phenoxy) is 1. The average molecular weight is 421 g/mol. The largest absolute Gasteiger partial charge is 0.497 e. The summed E-state index contributed by atoms with van der Waals surface area (Å²) >= 11 is 0. The number of hydrogen-bond donors (Lipinski definition) is 1. The van der Waals surface area contributed by atoms with Crippen molar-refractivity contribution in [1.82, 2.24) is 19.8 Å². The van der Waals surface area contributed by atoms with Crippen molar-refractivity contribution in [2.75, 3.05) is 26.7 Å². The van der Waals surface area contributed by atoms with E-state index in [1.165, 1.54) is 12.8 Å². The maximum absolute atomic E-state index is 13.6. The first-order chi connectivity index (χ1) is 15.1. The number of benzene rings is 1. The molecule has 31 heavy (non-hydrogen) atoms. The van der Waals surface area contributed by atoms with E-state index in [1.54, 1.807) is 13.4 Å². The van der Waals surface area contributed by atoms with Crippen molar-refractivity contribution in [3.8, 4) is 5.75 Å². The molecule has 3 aromatic rings. The number of fused-ring (bicyclic) bond motifs is 1. The van der Waals surface area contributed by atoms with Gasteiger partial charge in [0.1, 0.15) is 17.6 Å². The maximum Gasteiger partial charge on any atom is 0.290 e. The van der Waals surface area contributed by atoms with Crippen LogP contribution in [-0.2, 0) is 13.0 Å². The van der Waals surface area contributed by atoms with Crippen molar-refractivity contribution in [2.24, 2.45) is 0 Å². The molecule has 7 heteroatoms. The van der Waals surface area contributed by atoms with Gasteiger partial charge in [-0.15, -0.1) is 0 Å². The first kappa shape index (κ1) is 19.9. The van der Waals surface area contributed by atoms with E-state index in [9.17, 15) is 4.79 Å². The van der Waals surface area contributed by atoms with Crippen molar-refractivity contribution < 1.29 is 13.9 Å². The molecule has 1 amide bonds. The lowest BCUT2D eigenvalue weighted by Gasteiger charge is -2.34. The Hall–Kier alpha value is -3.06. The number of rotatable bonds is 5. The third-order valence-electron chi connectivity index (χ3n) is 6.44. The summed E-state index contributed by atoms with van der Waals surface area (Å²) in [5, 5.41) is 0. The zero-order valence-corrected chi connectivity index (χ0v) is 18.1. The number of H-pyrrole nitrogens is 1. The van der Waals surface area contributed by atoms with E-state index in [4.69, 9.17) is 9.15 Å². The monoisotopic (exact) mass is 420 g/mol. The van der Waals surface area contributed by atoms with Gasteiger partial charge in [-0.2, -0.15) is 0 Å². The smallest absolute Gasteiger partial charge is 0.290 e. The Labute approximate surface area is 182 Å². The fourth-order valence-corrected chi connectivity index (χ4v) is 4.72. The molecule has 1 fully saturated rings. The second-order valence-electron chi connectivity index (χ2n) is 8.37. The highest BCUT2D eigenvalue weighted by atomic mass is 16.5. The summed E-state index contributed by atoms with van der Waals surface area (Å²) in [5.74, 6) is 1.93. The Balaban J connectivity index is 1.45. The van der Waals surface area contributed by atoms with Gasteiger partial charge in [0.2, 0.25) is 0 Å². The van der Waals surface area contributed by atoms with E-state index in [1.807, 2.05) is 42.2 Å². The predicted molar refractivity (Wildman–Crippen MR) is 116 cm³/mol. The quantitative estimate of drug-likeness (QED) is 0.681. The summed E-state index contributed by atoms with van der Waals surface area (Å²) in [6.07, 6.45) is 4.94. The molecule has 5 rings (SSSR count). The van der Waals surface area contributed by atoms with Gasteiger partial charge >= 0.3 is 0 Å². The van der Waals surface area contributed by atoms with Crippen molar-refractivity contribution in [2.45, 2.75) is 38.8 Å². The standard InChI is InChI=1S/C24H28N4O3/c1-16-18(14-27-10-3-4-11-27)13-21(31-16)24(29)28-12-9-20-22(26-15-25-20)23(28)17-5-7-19(30-2)8-6-17/h5-8,13,15,23H,3-4,9-12,14H2,1-2H3,(H,25,26)/t23-/m1/s1. The maximum atomic E-state index is 13.6. The third kappa shape index (κ3) is 3.74. The van der Waals surface area contributed by atoms with Crippen LogP contribution in [0.25, 0.3) is 0 Å². The Morgan fingerprint density at radius 2 is 2.00 bits per heavy atom. The van der Waals surface area contributed by atoms with Gasteiger partial charge in [-0.1, -0.05) is 12.1 Å².